The zero-order valence-corrected chi connectivity index (χ0v) is 9.93. The maximum atomic E-state index is 12.4. The summed E-state index contributed by atoms with van der Waals surface area (Å²) in [7, 11) is 1.40. The van der Waals surface area contributed by atoms with Crippen molar-refractivity contribution in [1.82, 2.24) is 0 Å². The molecule has 0 saturated heterocycles. The SMILES string of the molecule is COc1ccc(C=O)c2c1C(=O)c1ccoc1C2=O. The van der Waals surface area contributed by atoms with Crippen LogP contribution in [0.3, 0.4) is 0 Å². The van der Waals surface area contributed by atoms with E-state index in [4.69, 9.17) is 9.15 Å². The number of carbonyl (C=O) groups excluding carboxylic acids is 3. The smallest absolute Gasteiger partial charge is 0.230 e. The van der Waals surface area contributed by atoms with Crippen LogP contribution in [0.2, 0.25) is 0 Å². The Morgan fingerprint density at radius 2 is 1.89 bits per heavy atom. The number of carbonyl (C=O) groups is 3. The third-order valence-electron chi connectivity index (χ3n) is 3.12. The van der Waals surface area contributed by atoms with Gasteiger partial charge in [-0.3, -0.25) is 14.4 Å². The van der Waals surface area contributed by atoms with E-state index in [2.05, 4.69) is 0 Å². The van der Waals surface area contributed by atoms with Crippen molar-refractivity contribution in [1.29, 1.82) is 0 Å². The molecule has 0 fully saturated rings. The maximum absolute atomic E-state index is 12.4. The van der Waals surface area contributed by atoms with Crippen molar-refractivity contribution >= 4 is 17.9 Å². The zero-order valence-electron chi connectivity index (χ0n) is 9.93. The fourth-order valence-corrected chi connectivity index (χ4v) is 2.25. The maximum Gasteiger partial charge on any atom is 0.230 e. The first-order chi connectivity index (χ1) is 9.19. The minimum atomic E-state index is -0.476. The Morgan fingerprint density at radius 3 is 2.58 bits per heavy atom. The van der Waals surface area contributed by atoms with Crippen molar-refractivity contribution < 1.29 is 23.5 Å². The Balaban J connectivity index is 2.40. The lowest BCUT2D eigenvalue weighted by molar-refractivity contribution is 0.0955. The van der Waals surface area contributed by atoms with Gasteiger partial charge in [-0.25, -0.2) is 0 Å². The molecule has 0 atom stereocenters. The van der Waals surface area contributed by atoms with Crippen LogP contribution in [-0.4, -0.2) is 25.0 Å². The molecule has 1 aliphatic rings. The van der Waals surface area contributed by atoms with Gasteiger partial charge in [0.05, 0.1) is 30.1 Å². The summed E-state index contributed by atoms with van der Waals surface area (Å²) in [4.78, 5) is 35.7. The molecule has 94 valence electrons. The van der Waals surface area contributed by atoms with Gasteiger partial charge in [-0.05, 0) is 18.2 Å². The topological polar surface area (TPSA) is 73.6 Å². The molecule has 0 radical (unpaired) electrons. The lowest BCUT2D eigenvalue weighted by Gasteiger charge is -2.17. The fourth-order valence-electron chi connectivity index (χ4n) is 2.25. The number of ether oxygens (including phenoxy) is 1. The molecule has 1 heterocycles. The van der Waals surface area contributed by atoms with Crippen LogP contribution in [0.15, 0.2) is 28.9 Å². The molecule has 0 saturated carbocycles. The van der Waals surface area contributed by atoms with E-state index in [0.29, 0.717) is 6.29 Å². The summed E-state index contributed by atoms with van der Waals surface area (Å²) < 4.78 is 10.1. The molecular formula is C14H8O5. The molecule has 1 aliphatic carbocycles. The molecule has 3 rings (SSSR count). The molecule has 0 bridgehead atoms. The van der Waals surface area contributed by atoms with Crippen LogP contribution < -0.4 is 4.74 Å². The van der Waals surface area contributed by atoms with Gasteiger partial charge in [-0.2, -0.15) is 0 Å². The highest BCUT2D eigenvalue weighted by molar-refractivity contribution is 6.30. The number of fused-ring (bicyclic) bond motifs is 2. The number of aldehydes is 1. The van der Waals surface area contributed by atoms with Crippen LogP contribution in [0, 0.1) is 0 Å². The molecule has 0 aliphatic heterocycles. The number of hydrogen-bond donors (Lipinski definition) is 0. The molecule has 19 heavy (non-hydrogen) atoms. The highest BCUT2D eigenvalue weighted by Gasteiger charge is 2.36. The van der Waals surface area contributed by atoms with E-state index >= 15 is 0 Å². The Labute approximate surface area is 107 Å². The van der Waals surface area contributed by atoms with Gasteiger partial charge in [0, 0.05) is 5.56 Å². The van der Waals surface area contributed by atoms with Gasteiger partial charge in [0.2, 0.25) is 11.6 Å². The quantitative estimate of drug-likeness (QED) is 0.654. The van der Waals surface area contributed by atoms with Crippen LogP contribution in [0.25, 0.3) is 0 Å². The van der Waals surface area contributed by atoms with Gasteiger partial charge >= 0.3 is 0 Å². The van der Waals surface area contributed by atoms with Crippen molar-refractivity contribution in [3.63, 3.8) is 0 Å². The molecule has 0 spiro atoms. The largest absolute Gasteiger partial charge is 0.496 e. The second-order valence-electron chi connectivity index (χ2n) is 4.05. The first-order valence-corrected chi connectivity index (χ1v) is 5.52. The van der Waals surface area contributed by atoms with Crippen LogP contribution >= 0.6 is 0 Å². The number of hydrogen-bond acceptors (Lipinski definition) is 5. The van der Waals surface area contributed by atoms with Crippen LogP contribution in [0.4, 0.5) is 0 Å². The average Bonchev–Trinajstić information content (AvgIpc) is 2.93. The number of furan rings is 1. The summed E-state index contributed by atoms with van der Waals surface area (Å²) in [6.45, 7) is 0. The number of ketones is 2. The summed E-state index contributed by atoms with van der Waals surface area (Å²) in [5.41, 5.74) is 0.503. The Bertz CT molecular complexity index is 723. The molecule has 0 N–H and O–H groups in total. The van der Waals surface area contributed by atoms with Gasteiger partial charge in [-0.1, -0.05) is 0 Å². The minimum Gasteiger partial charge on any atom is -0.496 e. The van der Waals surface area contributed by atoms with Crippen molar-refractivity contribution in [3.8, 4) is 5.75 Å². The molecule has 2 aromatic rings. The second kappa shape index (κ2) is 3.91. The molecule has 1 aromatic carbocycles. The molecule has 0 unspecified atom stereocenters. The van der Waals surface area contributed by atoms with E-state index < -0.39 is 5.78 Å². The van der Waals surface area contributed by atoms with E-state index in [9.17, 15) is 14.4 Å². The standard InChI is InChI=1S/C14H8O5/c1-18-9-3-2-7(6-15)10-11(9)12(16)8-4-5-19-14(8)13(10)17/h2-6H,1H3. The first-order valence-electron chi connectivity index (χ1n) is 5.52. The van der Waals surface area contributed by atoms with E-state index in [1.165, 1.54) is 31.6 Å². The van der Waals surface area contributed by atoms with Crippen molar-refractivity contribution in [2.24, 2.45) is 0 Å². The zero-order chi connectivity index (χ0) is 13.6. The van der Waals surface area contributed by atoms with Gasteiger partial charge in [0.25, 0.3) is 0 Å². The van der Waals surface area contributed by atoms with Gasteiger partial charge in [0.1, 0.15) is 5.75 Å². The summed E-state index contributed by atoms with van der Waals surface area (Å²) in [6.07, 6.45) is 1.82. The lowest BCUT2D eigenvalue weighted by Crippen LogP contribution is -2.22. The van der Waals surface area contributed by atoms with Crippen LogP contribution in [0.5, 0.6) is 5.75 Å². The van der Waals surface area contributed by atoms with E-state index in [1.54, 1.807) is 0 Å². The summed E-state index contributed by atoms with van der Waals surface area (Å²) in [6, 6.07) is 4.38. The highest BCUT2D eigenvalue weighted by atomic mass is 16.5. The van der Waals surface area contributed by atoms with E-state index in [1.807, 2.05) is 0 Å². The van der Waals surface area contributed by atoms with E-state index in [-0.39, 0.29) is 39.5 Å². The van der Waals surface area contributed by atoms with Crippen LogP contribution in [0.1, 0.15) is 42.4 Å². The number of benzene rings is 1. The number of rotatable bonds is 2. The third kappa shape index (κ3) is 1.38. The molecule has 5 nitrogen and oxygen atoms in total. The van der Waals surface area contributed by atoms with E-state index in [0.717, 1.165) is 0 Å². The second-order valence-corrected chi connectivity index (χ2v) is 4.05. The van der Waals surface area contributed by atoms with Gasteiger partial charge < -0.3 is 9.15 Å². The summed E-state index contributed by atoms with van der Waals surface area (Å²) in [5.74, 6) is -0.617. The Kier molecular flexibility index (Phi) is 2.35. The predicted molar refractivity (Wildman–Crippen MR) is 64.0 cm³/mol. The van der Waals surface area contributed by atoms with Crippen molar-refractivity contribution in [2.75, 3.05) is 7.11 Å². The third-order valence-corrected chi connectivity index (χ3v) is 3.12. The summed E-state index contributed by atoms with van der Waals surface area (Å²) in [5, 5.41) is 0. The average molecular weight is 256 g/mol. The molecule has 1 aromatic heterocycles. The van der Waals surface area contributed by atoms with Gasteiger partial charge in [-0.15, -0.1) is 0 Å². The normalized spacial score (nSPS) is 12.9. The molecule has 5 heteroatoms. The monoisotopic (exact) mass is 256 g/mol. The lowest BCUT2D eigenvalue weighted by atomic mass is 9.85. The van der Waals surface area contributed by atoms with Gasteiger partial charge in [0.15, 0.2) is 12.0 Å². The molecular weight excluding hydrogens is 248 g/mol. The first kappa shape index (κ1) is 11.4. The van der Waals surface area contributed by atoms with Crippen molar-refractivity contribution in [2.45, 2.75) is 0 Å². The minimum absolute atomic E-state index is 0.0335. The molecule has 0 amide bonds. The number of methoxy groups -OCH3 is 1. The van der Waals surface area contributed by atoms with Crippen LogP contribution in [-0.2, 0) is 0 Å². The predicted octanol–water partition coefficient (Wildman–Crippen LogP) is 1.88. The highest BCUT2D eigenvalue weighted by Crippen LogP contribution is 2.35. The van der Waals surface area contributed by atoms with Crippen molar-refractivity contribution in [3.05, 3.63) is 52.5 Å². The Morgan fingerprint density at radius 1 is 1.11 bits per heavy atom. The summed E-state index contributed by atoms with van der Waals surface area (Å²) >= 11 is 0. The fraction of sp³-hybridized carbons (Fsp3) is 0.0714. The Hall–Kier alpha value is -2.69.